The van der Waals surface area contributed by atoms with Gasteiger partial charge in [0, 0.05) is 37.7 Å². The molecule has 0 aromatic heterocycles. The van der Waals surface area contributed by atoms with Crippen LogP contribution in [0.15, 0.2) is 36.4 Å². The third-order valence-electron chi connectivity index (χ3n) is 4.06. The molecule has 0 aliphatic rings. The first-order chi connectivity index (χ1) is 12.9. The number of hydrogen-bond acceptors (Lipinski definition) is 4. The molecule has 0 spiro atoms. The van der Waals surface area contributed by atoms with Crippen molar-refractivity contribution in [3.05, 3.63) is 52.5 Å². The van der Waals surface area contributed by atoms with Gasteiger partial charge in [-0.3, -0.25) is 9.59 Å². The molecule has 7 heteroatoms. The number of anilines is 1. The number of amides is 2. The van der Waals surface area contributed by atoms with E-state index in [1.165, 1.54) is 26.0 Å². The van der Waals surface area contributed by atoms with Gasteiger partial charge in [-0.1, -0.05) is 29.3 Å². The average molecular weight is 391 g/mol. The first kappa shape index (κ1) is 20.6. The van der Waals surface area contributed by atoms with Gasteiger partial charge in [-0.2, -0.15) is 0 Å². The summed E-state index contributed by atoms with van der Waals surface area (Å²) < 4.78 is 10.6. The summed E-state index contributed by atoms with van der Waals surface area (Å²) in [5.74, 6) is 0.490. The summed E-state index contributed by atoms with van der Waals surface area (Å²) in [7, 11) is 3.00. The Morgan fingerprint density at radius 3 is 2.26 bits per heavy atom. The van der Waals surface area contributed by atoms with E-state index >= 15 is 0 Å². The first-order valence-electron chi connectivity index (χ1n) is 8.42. The highest BCUT2D eigenvalue weighted by atomic mass is 35.5. The summed E-state index contributed by atoms with van der Waals surface area (Å²) >= 11 is 6.12. The Morgan fingerprint density at radius 2 is 1.70 bits per heavy atom. The number of hydrogen-bond donors (Lipinski definition) is 1. The largest absolute Gasteiger partial charge is 0.495 e. The maximum Gasteiger partial charge on any atom is 0.251 e. The van der Waals surface area contributed by atoms with Crippen LogP contribution in [-0.4, -0.2) is 39.1 Å². The highest BCUT2D eigenvalue weighted by molar-refractivity contribution is 6.32. The standard InChI is InChI=1S/C20H23ClN2O4/c1-13-5-7-15(8-6-13)20(25)22-9-10-23(14(2)24)17-12-18(26-3)16(21)11-19(17)27-4/h5-8,11-12H,9-10H2,1-4H3,(H,22,25). The quantitative estimate of drug-likeness (QED) is 0.786. The minimum Gasteiger partial charge on any atom is -0.495 e. The molecule has 0 atom stereocenters. The number of methoxy groups -OCH3 is 2. The zero-order chi connectivity index (χ0) is 20.0. The molecule has 0 fully saturated rings. The molecule has 144 valence electrons. The molecule has 0 unspecified atom stereocenters. The second-order valence-electron chi connectivity index (χ2n) is 5.95. The maximum atomic E-state index is 12.2. The zero-order valence-electron chi connectivity index (χ0n) is 15.8. The van der Waals surface area contributed by atoms with Gasteiger partial charge in [-0.15, -0.1) is 0 Å². The molecule has 6 nitrogen and oxygen atoms in total. The average Bonchev–Trinajstić information content (AvgIpc) is 2.65. The molecule has 0 saturated heterocycles. The Hall–Kier alpha value is -2.73. The van der Waals surface area contributed by atoms with Gasteiger partial charge in [0.25, 0.3) is 5.91 Å². The molecular weight excluding hydrogens is 368 g/mol. The topological polar surface area (TPSA) is 67.9 Å². The predicted molar refractivity (Wildman–Crippen MR) is 106 cm³/mol. The lowest BCUT2D eigenvalue weighted by atomic mass is 10.1. The van der Waals surface area contributed by atoms with E-state index in [1.54, 1.807) is 24.3 Å². The molecule has 0 saturated carbocycles. The van der Waals surface area contributed by atoms with Crippen LogP contribution in [0.2, 0.25) is 5.02 Å². The number of carbonyl (C=O) groups excluding carboxylic acids is 2. The van der Waals surface area contributed by atoms with Crippen LogP contribution in [0, 0.1) is 6.92 Å². The third kappa shape index (κ3) is 5.14. The molecule has 0 heterocycles. The molecule has 2 aromatic rings. The fourth-order valence-electron chi connectivity index (χ4n) is 2.59. The van der Waals surface area contributed by atoms with Gasteiger partial charge >= 0.3 is 0 Å². The predicted octanol–water partition coefficient (Wildman–Crippen LogP) is 3.45. The molecule has 0 aliphatic carbocycles. The van der Waals surface area contributed by atoms with E-state index in [0.717, 1.165) is 5.56 Å². The van der Waals surface area contributed by atoms with Crippen molar-refractivity contribution in [3.63, 3.8) is 0 Å². The highest BCUT2D eigenvalue weighted by Gasteiger charge is 2.19. The third-order valence-corrected chi connectivity index (χ3v) is 4.35. The fourth-order valence-corrected chi connectivity index (χ4v) is 2.82. The van der Waals surface area contributed by atoms with Gasteiger partial charge in [-0.05, 0) is 19.1 Å². The van der Waals surface area contributed by atoms with Crippen LogP contribution in [0.4, 0.5) is 5.69 Å². The second-order valence-corrected chi connectivity index (χ2v) is 6.36. The molecular formula is C20H23ClN2O4. The minimum absolute atomic E-state index is 0.192. The summed E-state index contributed by atoms with van der Waals surface area (Å²) in [5, 5.41) is 3.20. The molecule has 0 radical (unpaired) electrons. The number of halogens is 1. The Morgan fingerprint density at radius 1 is 1.07 bits per heavy atom. The van der Waals surface area contributed by atoms with Crippen LogP contribution < -0.4 is 19.7 Å². The molecule has 2 rings (SSSR count). The van der Waals surface area contributed by atoms with Crippen LogP contribution in [-0.2, 0) is 4.79 Å². The van der Waals surface area contributed by atoms with E-state index < -0.39 is 0 Å². The van der Waals surface area contributed by atoms with Gasteiger partial charge < -0.3 is 19.7 Å². The monoisotopic (exact) mass is 390 g/mol. The molecule has 27 heavy (non-hydrogen) atoms. The Kier molecular flexibility index (Phi) is 7.07. The van der Waals surface area contributed by atoms with E-state index in [9.17, 15) is 9.59 Å². The lowest BCUT2D eigenvalue weighted by Crippen LogP contribution is -2.37. The molecule has 2 aromatic carbocycles. The van der Waals surface area contributed by atoms with Gasteiger partial charge in [0.2, 0.25) is 5.91 Å². The van der Waals surface area contributed by atoms with Crippen molar-refractivity contribution in [1.82, 2.24) is 5.32 Å². The molecule has 2 amide bonds. The van der Waals surface area contributed by atoms with Crippen LogP contribution in [0.1, 0.15) is 22.8 Å². The van der Waals surface area contributed by atoms with Gasteiger partial charge in [0.1, 0.15) is 11.5 Å². The summed E-state index contributed by atoms with van der Waals surface area (Å²) in [6, 6.07) is 10.5. The van der Waals surface area contributed by atoms with Crippen molar-refractivity contribution in [1.29, 1.82) is 0 Å². The maximum absolute atomic E-state index is 12.2. The SMILES string of the molecule is COc1cc(N(CCNC(=O)c2ccc(C)cc2)C(C)=O)c(OC)cc1Cl. The van der Waals surface area contributed by atoms with Crippen molar-refractivity contribution in [2.24, 2.45) is 0 Å². The van der Waals surface area contributed by atoms with Crippen molar-refractivity contribution < 1.29 is 19.1 Å². The van der Waals surface area contributed by atoms with Crippen LogP contribution in [0.25, 0.3) is 0 Å². The van der Waals surface area contributed by atoms with Crippen molar-refractivity contribution >= 4 is 29.1 Å². The lowest BCUT2D eigenvalue weighted by molar-refractivity contribution is -0.116. The van der Waals surface area contributed by atoms with E-state index in [4.69, 9.17) is 21.1 Å². The van der Waals surface area contributed by atoms with Gasteiger partial charge in [0.05, 0.1) is 24.9 Å². The van der Waals surface area contributed by atoms with E-state index in [1.807, 2.05) is 19.1 Å². The van der Waals surface area contributed by atoms with Crippen molar-refractivity contribution in [2.45, 2.75) is 13.8 Å². The number of rotatable bonds is 7. The van der Waals surface area contributed by atoms with E-state index in [0.29, 0.717) is 27.8 Å². The van der Waals surface area contributed by atoms with Crippen LogP contribution in [0.5, 0.6) is 11.5 Å². The Balaban J connectivity index is 2.13. The molecule has 0 aliphatic heterocycles. The fraction of sp³-hybridized carbons (Fsp3) is 0.300. The summed E-state index contributed by atoms with van der Waals surface area (Å²) in [4.78, 5) is 25.9. The zero-order valence-corrected chi connectivity index (χ0v) is 16.6. The summed E-state index contributed by atoms with van der Waals surface area (Å²) in [6.07, 6.45) is 0. The van der Waals surface area contributed by atoms with Gasteiger partial charge in [-0.25, -0.2) is 0 Å². The number of nitrogens with one attached hydrogen (secondary N) is 1. The number of nitrogens with zero attached hydrogens (tertiary/aromatic N) is 1. The molecule has 0 bridgehead atoms. The lowest BCUT2D eigenvalue weighted by Gasteiger charge is -2.24. The number of benzene rings is 2. The van der Waals surface area contributed by atoms with Crippen molar-refractivity contribution in [3.8, 4) is 11.5 Å². The number of aryl methyl sites for hydroxylation is 1. The number of carbonyl (C=O) groups is 2. The van der Waals surface area contributed by atoms with E-state index in [2.05, 4.69) is 5.32 Å². The van der Waals surface area contributed by atoms with Crippen LogP contribution in [0.3, 0.4) is 0 Å². The first-order valence-corrected chi connectivity index (χ1v) is 8.79. The number of ether oxygens (including phenoxy) is 2. The highest BCUT2D eigenvalue weighted by Crippen LogP contribution is 2.38. The van der Waals surface area contributed by atoms with Gasteiger partial charge in [0.15, 0.2) is 0 Å². The summed E-state index contributed by atoms with van der Waals surface area (Å²) in [6.45, 7) is 3.96. The second kappa shape index (κ2) is 9.28. The Labute approximate surface area is 164 Å². The Bertz CT molecular complexity index is 821. The molecule has 1 N–H and O–H groups in total. The van der Waals surface area contributed by atoms with Crippen molar-refractivity contribution in [2.75, 3.05) is 32.2 Å². The smallest absolute Gasteiger partial charge is 0.251 e. The minimum atomic E-state index is -0.195. The van der Waals surface area contributed by atoms with E-state index in [-0.39, 0.29) is 24.9 Å². The van der Waals surface area contributed by atoms with Crippen LogP contribution >= 0.6 is 11.6 Å². The normalized spacial score (nSPS) is 10.3. The summed E-state index contributed by atoms with van der Waals surface area (Å²) in [5.41, 5.74) is 2.18.